The number of fused-ring (bicyclic) bond motifs is 7. The van der Waals surface area contributed by atoms with Crippen LogP contribution in [0.2, 0.25) is 0 Å². The molecule has 6 rings (SSSR count). The Morgan fingerprint density at radius 3 is 2.35 bits per heavy atom. The van der Waals surface area contributed by atoms with Crippen LogP contribution in [0.5, 0.6) is 0 Å². The van der Waals surface area contributed by atoms with E-state index in [4.69, 9.17) is 9.68 Å². The second-order valence-electron chi connectivity index (χ2n) is 7.69. The van der Waals surface area contributed by atoms with E-state index in [1.807, 2.05) is 48.5 Å². The molecule has 1 aliphatic rings. The Morgan fingerprint density at radius 1 is 0.806 bits per heavy atom. The monoisotopic (exact) mass is 400 g/mol. The average molecular weight is 400 g/mol. The molecule has 0 saturated heterocycles. The molecule has 4 nitrogen and oxygen atoms in total. The van der Waals surface area contributed by atoms with Gasteiger partial charge in [0.05, 0.1) is 23.2 Å². The molecule has 146 valence electrons. The van der Waals surface area contributed by atoms with Gasteiger partial charge in [-0.2, -0.15) is 5.26 Å². The van der Waals surface area contributed by atoms with Crippen molar-refractivity contribution in [2.45, 2.75) is 6.04 Å². The third-order valence-corrected chi connectivity index (χ3v) is 5.99. The molecule has 0 bridgehead atoms. The summed E-state index contributed by atoms with van der Waals surface area (Å²) in [6.45, 7) is 0. The zero-order valence-corrected chi connectivity index (χ0v) is 16.4. The van der Waals surface area contributed by atoms with Crippen molar-refractivity contribution in [1.29, 1.82) is 5.26 Å². The zero-order valence-electron chi connectivity index (χ0n) is 16.4. The van der Waals surface area contributed by atoms with Gasteiger partial charge in [-0.3, -0.25) is 0 Å². The first-order valence-electron chi connectivity index (χ1n) is 10.1. The highest BCUT2D eigenvalue weighted by molar-refractivity contribution is 6.11. The topological polar surface area (TPSA) is 66.0 Å². The van der Waals surface area contributed by atoms with Gasteiger partial charge in [0, 0.05) is 22.2 Å². The first-order chi connectivity index (χ1) is 15.2. The summed E-state index contributed by atoms with van der Waals surface area (Å²) in [7, 11) is 0. The maximum Gasteiger partial charge on any atom is 0.342 e. The molecule has 2 heterocycles. The summed E-state index contributed by atoms with van der Waals surface area (Å²) in [5.41, 5.74) is 5.19. The number of benzene rings is 4. The van der Waals surface area contributed by atoms with E-state index in [9.17, 15) is 4.79 Å². The van der Waals surface area contributed by atoms with Crippen LogP contribution in [-0.4, -0.2) is 0 Å². The molecule has 0 aliphatic carbocycles. The van der Waals surface area contributed by atoms with Gasteiger partial charge in [0.25, 0.3) is 0 Å². The fourth-order valence-corrected chi connectivity index (χ4v) is 4.58. The normalized spacial score (nSPS) is 14.5. The minimum atomic E-state index is -0.378. The largest absolute Gasteiger partial charge is 0.422 e. The second-order valence-corrected chi connectivity index (χ2v) is 7.69. The highest BCUT2D eigenvalue weighted by atomic mass is 16.4. The lowest BCUT2D eigenvalue weighted by Gasteiger charge is -2.30. The van der Waals surface area contributed by atoms with E-state index >= 15 is 0 Å². The molecule has 4 aromatic carbocycles. The Balaban J connectivity index is 1.74. The van der Waals surface area contributed by atoms with Gasteiger partial charge in [0.15, 0.2) is 0 Å². The molecule has 4 heteroatoms. The lowest BCUT2D eigenvalue weighted by molar-refractivity contribution is 0.547. The van der Waals surface area contributed by atoms with Crippen molar-refractivity contribution < 1.29 is 4.42 Å². The predicted molar refractivity (Wildman–Crippen MR) is 122 cm³/mol. The zero-order chi connectivity index (χ0) is 20.9. The van der Waals surface area contributed by atoms with Crippen LogP contribution in [0.15, 0.2) is 94.1 Å². The first kappa shape index (κ1) is 17.5. The molecule has 0 fully saturated rings. The van der Waals surface area contributed by atoms with Crippen LogP contribution in [0.3, 0.4) is 0 Å². The first-order valence-corrected chi connectivity index (χ1v) is 10.1. The number of rotatable bonds is 1. The van der Waals surface area contributed by atoms with E-state index < -0.39 is 0 Å². The number of para-hydroxylation sites is 1. The second kappa shape index (κ2) is 6.58. The maximum atomic E-state index is 13.3. The molecule has 0 saturated carbocycles. The molecule has 1 atom stereocenters. The smallest absolute Gasteiger partial charge is 0.342 e. The van der Waals surface area contributed by atoms with Crippen molar-refractivity contribution in [1.82, 2.24) is 0 Å². The standard InChI is InChI=1S/C27H16N2O2/c28-15-16-9-11-18(12-10-16)26-25-24(20-7-3-4-8-22(20)31-27(25)30)23-19-6-2-1-5-17(19)13-14-21(23)29-26/h1-14,26,29H/t26-/m1/s1. The quantitative estimate of drug-likeness (QED) is 0.351. The lowest BCUT2D eigenvalue weighted by atomic mass is 9.83. The summed E-state index contributed by atoms with van der Waals surface area (Å²) in [5.74, 6) is 0. The van der Waals surface area contributed by atoms with Crippen molar-refractivity contribution in [2.75, 3.05) is 5.32 Å². The van der Waals surface area contributed by atoms with Gasteiger partial charge in [0.2, 0.25) is 0 Å². The summed E-state index contributed by atoms with van der Waals surface area (Å²) < 4.78 is 5.74. The number of anilines is 1. The van der Waals surface area contributed by atoms with E-state index in [1.54, 1.807) is 12.1 Å². The molecular formula is C27H16N2O2. The number of nitrogens with zero attached hydrogens (tertiary/aromatic N) is 1. The Labute approximate surface area is 178 Å². The molecule has 0 unspecified atom stereocenters. The molecule has 31 heavy (non-hydrogen) atoms. The van der Waals surface area contributed by atoms with Crippen LogP contribution < -0.4 is 10.9 Å². The Kier molecular flexibility index (Phi) is 3.71. The van der Waals surface area contributed by atoms with E-state index in [2.05, 4.69) is 35.7 Å². The summed E-state index contributed by atoms with van der Waals surface area (Å²) in [5, 5.41) is 15.8. The summed E-state index contributed by atoms with van der Waals surface area (Å²) in [6.07, 6.45) is 0. The summed E-state index contributed by atoms with van der Waals surface area (Å²) in [4.78, 5) is 13.3. The van der Waals surface area contributed by atoms with Crippen molar-refractivity contribution in [3.8, 4) is 17.2 Å². The lowest BCUT2D eigenvalue weighted by Crippen LogP contribution is -2.25. The van der Waals surface area contributed by atoms with E-state index in [-0.39, 0.29) is 11.7 Å². The van der Waals surface area contributed by atoms with Gasteiger partial charge >= 0.3 is 5.63 Å². The van der Waals surface area contributed by atoms with E-state index in [0.29, 0.717) is 16.7 Å². The molecule has 5 aromatic rings. The highest BCUT2D eigenvalue weighted by Gasteiger charge is 2.32. The fourth-order valence-electron chi connectivity index (χ4n) is 4.58. The third-order valence-electron chi connectivity index (χ3n) is 5.99. The van der Waals surface area contributed by atoms with Crippen LogP contribution in [0.1, 0.15) is 22.7 Å². The van der Waals surface area contributed by atoms with Gasteiger partial charge in [-0.15, -0.1) is 0 Å². The molecule has 1 aliphatic heterocycles. The van der Waals surface area contributed by atoms with E-state index in [1.165, 1.54) is 0 Å². The van der Waals surface area contributed by atoms with Crippen LogP contribution in [0.4, 0.5) is 5.69 Å². The number of nitrogens with one attached hydrogen (secondary N) is 1. The van der Waals surface area contributed by atoms with Gasteiger partial charge in [-0.1, -0.05) is 60.7 Å². The Bertz CT molecular complexity index is 1590. The van der Waals surface area contributed by atoms with Crippen molar-refractivity contribution in [3.05, 3.63) is 112 Å². The molecule has 1 N–H and O–H groups in total. The fraction of sp³-hybridized carbons (Fsp3) is 0.0370. The molecule has 0 amide bonds. The van der Waals surface area contributed by atoms with Crippen LogP contribution in [0.25, 0.3) is 32.9 Å². The van der Waals surface area contributed by atoms with Gasteiger partial charge in [-0.25, -0.2) is 4.79 Å². The van der Waals surface area contributed by atoms with Crippen molar-refractivity contribution in [2.24, 2.45) is 0 Å². The SMILES string of the molecule is N#Cc1ccc([C@H]2Nc3ccc4ccccc4c3-c3c2c(=O)oc2ccccc32)cc1. The van der Waals surface area contributed by atoms with Gasteiger partial charge in [0.1, 0.15) is 5.58 Å². The molecule has 1 aromatic heterocycles. The summed E-state index contributed by atoms with van der Waals surface area (Å²) >= 11 is 0. The van der Waals surface area contributed by atoms with Crippen LogP contribution in [0, 0.1) is 11.3 Å². The van der Waals surface area contributed by atoms with Gasteiger partial charge < -0.3 is 9.73 Å². The van der Waals surface area contributed by atoms with Crippen LogP contribution >= 0.6 is 0 Å². The average Bonchev–Trinajstić information content (AvgIpc) is 2.83. The molecule has 0 spiro atoms. The Hall–Kier alpha value is -4.36. The number of hydrogen-bond donors (Lipinski definition) is 1. The van der Waals surface area contributed by atoms with Crippen molar-refractivity contribution >= 4 is 27.4 Å². The molecule has 0 radical (unpaired) electrons. The molecular weight excluding hydrogens is 384 g/mol. The van der Waals surface area contributed by atoms with Crippen molar-refractivity contribution in [3.63, 3.8) is 0 Å². The third kappa shape index (κ3) is 2.57. The summed E-state index contributed by atoms with van der Waals surface area (Å²) in [6, 6.07) is 29.1. The number of nitriles is 1. The highest BCUT2D eigenvalue weighted by Crippen LogP contribution is 2.47. The minimum absolute atomic E-state index is 0.353. The number of hydrogen-bond acceptors (Lipinski definition) is 4. The Morgan fingerprint density at radius 2 is 1.55 bits per heavy atom. The van der Waals surface area contributed by atoms with E-state index in [0.717, 1.165) is 38.5 Å². The van der Waals surface area contributed by atoms with Crippen LogP contribution in [-0.2, 0) is 0 Å². The maximum absolute atomic E-state index is 13.3. The minimum Gasteiger partial charge on any atom is -0.422 e. The predicted octanol–water partition coefficient (Wildman–Crippen LogP) is 6.00. The van der Waals surface area contributed by atoms with Gasteiger partial charge in [-0.05, 0) is 40.6 Å².